The molecule has 4 heterocycles. The number of hydrogen-bond acceptors (Lipinski definition) is 6. The van der Waals surface area contributed by atoms with Gasteiger partial charge < -0.3 is 9.80 Å². The first-order valence-electron chi connectivity index (χ1n) is 9.45. The van der Waals surface area contributed by atoms with Gasteiger partial charge in [0.2, 0.25) is 11.8 Å². The molecule has 27 heavy (non-hydrogen) atoms. The Balaban J connectivity index is 1.29. The fraction of sp³-hybridized carbons (Fsp3) is 0.667. The van der Waals surface area contributed by atoms with Crippen LogP contribution in [0.4, 0.5) is 0 Å². The first kappa shape index (κ1) is 18.9. The molecule has 0 radical (unpaired) electrons. The maximum atomic E-state index is 12.9. The average Bonchev–Trinajstić information content (AvgIpc) is 3.35. The lowest BCUT2D eigenvalue weighted by atomic mass is 10.1. The Morgan fingerprint density at radius 1 is 1.22 bits per heavy atom. The lowest BCUT2D eigenvalue weighted by molar-refractivity contribution is -0.137. The van der Waals surface area contributed by atoms with Crippen LogP contribution in [0.1, 0.15) is 17.7 Å². The van der Waals surface area contributed by atoms with Crippen molar-refractivity contribution in [3.63, 3.8) is 0 Å². The smallest absolute Gasteiger partial charge is 0.228 e. The van der Waals surface area contributed by atoms with E-state index in [1.54, 1.807) is 16.2 Å². The van der Waals surface area contributed by atoms with Gasteiger partial charge in [-0.1, -0.05) is 6.07 Å². The van der Waals surface area contributed by atoms with Crippen molar-refractivity contribution in [1.82, 2.24) is 14.7 Å². The predicted octanol–water partition coefficient (Wildman–Crippen LogP) is 0.428. The van der Waals surface area contributed by atoms with Crippen LogP contribution in [0.15, 0.2) is 17.5 Å². The van der Waals surface area contributed by atoms with E-state index in [4.69, 9.17) is 0 Å². The number of nitrogens with zero attached hydrogens (tertiary/aromatic N) is 3. The van der Waals surface area contributed by atoms with E-state index in [2.05, 4.69) is 22.4 Å². The number of likely N-dealkylation sites (tertiary alicyclic amines) is 1. The molecule has 0 unspecified atom stereocenters. The van der Waals surface area contributed by atoms with Crippen molar-refractivity contribution in [2.45, 2.75) is 25.4 Å². The number of thiophene rings is 1. The molecule has 2 amide bonds. The molecule has 4 rings (SSSR count). The van der Waals surface area contributed by atoms with Crippen molar-refractivity contribution in [2.24, 2.45) is 5.92 Å². The molecule has 1 aromatic rings. The molecular weight excluding hydrogens is 386 g/mol. The highest BCUT2D eigenvalue weighted by atomic mass is 32.2. The molecule has 0 bridgehead atoms. The number of sulfone groups is 1. The van der Waals surface area contributed by atoms with Crippen LogP contribution in [-0.4, -0.2) is 85.2 Å². The van der Waals surface area contributed by atoms with Crippen LogP contribution in [-0.2, 0) is 26.0 Å². The Bertz CT molecular complexity index is 801. The van der Waals surface area contributed by atoms with Gasteiger partial charge in [0.15, 0.2) is 9.84 Å². The van der Waals surface area contributed by atoms with E-state index in [1.807, 2.05) is 4.90 Å². The summed E-state index contributed by atoms with van der Waals surface area (Å²) in [6.45, 7) is 4.35. The first-order chi connectivity index (χ1) is 12.9. The molecule has 0 aromatic carbocycles. The summed E-state index contributed by atoms with van der Waals surface area (Å²) in [6.07, 6.45) is 0.709. The van der Waals surface area contributed by atoms with Gasteiger partial charge in [-0.2, -0.15) is 0 Å². The molecule has 3 aliphatic heterocycles. The van der Waals surface area contributed by atoms with Gasteiger partial charge in [0.1, 0.15) is 0 Å². The molecule has 7 nitrogen and oxygen atoms in total. The average molecular weight is 412 g/mol. The Morgan fingerprint density at radius 3 is 2.63 bits per heavy atom. The zero-order valence-electron chi connectivity index (χ0n) is 15.2. The van der Waals surface area contributed by atoms with Crippen LogP contribution in [0.3, 0.4) is 0 Å². The number of carbonyl (C=O) groups excluding carboxylic acids is 2. The van der Waals surface area contributed by atoms with Gasteiger partial charge in [-0.05, 0) is 17.9 Å². The van der Waals surface area contributed by atoms with E-state index in [9.17, 15) is 18.0 Å². The molecule has 2 atom stereocenters. The molecule has 9 heteroatoms. The standard InChI is InChI=1S/C18H25N3O4S2/c22-17-10-14(11-21(17)15-3-9-27(24,25)13-15)18(23)20-6-4-19(5-7-20)12-16-2-1-8-26-16/h1-2,8,14-15H,3-7,9-13H2/t14-,15-/m0/s1. The van der Waals surface area contributed by atoms with Crippen molar-refractivity contribution in [1.29, 1.82) is 0 Å². The van der Waals surface area contributed by atoms with Crippen LogP contribution >= 0.6 is 11.3 Å². The minimum absolute atomic E-state index is 0.0427. The Labute approximate surface area is 163 Å². The summed E-state index contributed by atoms with van der Waals surface area (Å²) < 4.78 is 23.4. The molecular formula is C18H25N3O4S2. The Hall–Kier alpha value is -1.45. The Kier molecular flexibility index (Phi) is 5.26. The van der Waals surface area contributed by atoms with E-state index in [0.717, 1.165) is 19.6 Å². The second-order valence-corrected chi connectivity index (χ2v) is 10.9. The first-order valence-corrected chi connectivity index (χ1v) is 12.1. The number of carbonyl (C=O) groups is 2. The van der Waals surface area contributed by atoms with Gasteiger partial charge in [-0.3, -0.25) is 14.5 Å². The fourth-order valence-corrected chi connectivity index (χ4v) is 6.76. The monoisotopic (exact) mass is 411 g/mol. The van der Waals surface area contributed by atoms with Crippen LogP contribution in [0.25, 0.3) is 0 Å². The van der Waals surface area contributed by atoms with Crippen LogP contribution in [0.5, 0.6) is 0 Å². The molecule has 1 aromatic heterocycles. The Morgan fingerprint density at radius 2 is 2.00 bits per heavy atom. The number of piperazine rings is 1. The summed E-state index contributed by atoms with van der Waals surface area (Å²) >= 11 is 1.75. The molecule has 0 N–H and O–H groups in total. The SMILES string of the molecule is O=C([C@H]1CC(=O)N([C@H]2CCS(=O)(=O)C2)C1)N1CCN(Cc2cccs2)CC1. The summed E-state index contributed by atoms with van der Waals surface area (Å²) in [6, 6.07) is 3.94. The highest BCUT2D eigenvalue weighted by Crippen LogP contribution is 2.27. The third-order valence-corrected chi connectivity index (χ3v) is 8.41. The quantitative estimate of drug-likeness (QED) is 0.718. The van der Waals surface area contributed by atoms with E-state index in [-0.39, 0.29) is 41.7 Å². The summed E-state index contributed by atoms with van der Waals surface area (Å²) in [7, 11) is -3.04. The van der Waals surface area contributed by atoms with Gasteiger partial charge >= 0.3 is 0 Å². The largest absolute Gasteiger partial charge is 0.340 e. The zero-order chi connectivity index (χ0) is 19.0. The van der Waals surface area contributed by atoms with Crippen LogP contribution < -0.4 is 0 Å². The van der Waals surface area contributed by atoms with Gasteiger partial charge in [0, 0.05) is 56.6 Å². The third-order valence-electron chi connectivity index (χ3n) is 5.80. The van der Waals surface area contributed by atoms with Gasteiger partial charge in [0.25, 0.3) is 0 Å². The van der Waals surface area contributed by atoms with Crippen molar-refractivity contribution >= 4 is 33.0 Å². The van der Waals surface area contributed by atoms with Crippen LogP contribution in [0.2, 0.25) is 0 Å². The minimum Gasteiger partial charge on any atom is -0.340 e. The van der Waals surface area contributed by atoms with Gasteiger partial charge in [-0.25, -0.2) is 8.42 Å². The predicted molar refractivity (Wildman–Crippen MR) is 103 cm³/mol. The molecule has 3 saturated heterocycles. The molecule has 3 fully saturated rings. The summed E-state index contributed by atoms with van der Waals surface area (Å²) in [5.41, 5.74) is 0. The fourth-order valence-electron chi connectivity index (χ4n) is 4.28. The summed E-state index contributed by atoms with van der Waals surface area (Å²) in [4.78, 5) is 32.4. The third kappa shape index (κ3) is 4.20. The molecule has 3 aliphatic rings. The topological polar surface area (TPSA) is 78.0 Å². The van der Waals surface area contributed by atoms with Crippen molar-refractivity contribution in [3.05, 3.63) is 22.4 Å². The lowest BCUT2D eigenvalue weighted by Gasteiger charge is -2.35. The minimum atomic E-state index is -3.04. The lowest BCUT2D eigenvalue weighted by Crippen LogP contribution is -2.50. The summed E-state index contributed by atoms with van der Waals surface area (Å²) in [5, 5.41) is 2.08. The van der Waals surface area contributed by atoms with E-state index >= 15 is 0 Å². The van der Waals surface area contributed by atoms with Crippen molar-refractivity contribution < 1.29 is 18.0 Å². The zero-order valence-corrected chi connectivity index (χ0v) is 16.9. The van der Waals surface area contributed by atoms with E-state index < -0.39 is 9.84 Å². The second kappa shape index (κ2) is 7.52. The van der Waals surface area contributed by atoms with E-state index in [1.165, 1.54) is 4.88 Å². The number of rotatable bonds is 4. The van der Waals surface area contributed by atoms with Crippen LogP contribution in [0, 0.1) is 5.92 Å². The molecule has 0 aliphatic carbocycles. The van der Waals surface area contributed by atoms with E-state index in [0.29, 0.717) is 26.1 Å². The van der Waals surface area contributed by atoms with Crippen molar-refractivity contribution in [2.75, 3.05) is 44.2 Å². The normalized spacial score (nSPS) is 28.8. The maximum absolute atomic E-state index is 12.9. The molecule has 0 spiro atoms. The molecule has 148 valence electrons. The highest BCUT2D eigenvalue weighted by molar-refractivity contribution is 7.91. The second-order valence-electron chi connectivity index (χ2n) is 7.68. The highest BCUT2D eigenvalue weighted by Gasteiger charge is 2.43. The molecule has 0 saturated carbocycles. The van der Waals surface area contributed by atoms with Gasteiger partial charge in [0.05, 0.1) is 17.4 Å². The summed E-state index contributed by atoms with van der Waals surface area (Å²) in [5.74, 6) is -0.174. The number of hydrogen-bond donors (Lipinski definition) is 0. The number of amides is 2. The van der Waals surface area contributed by atoms with Crippen molar-refractivity contribution in [3.8, 4) is 0 Å². The van der Waals surface area contributed by atoms with Gasteiger partial charge in [-0.15, -0.1) is 11.3 Å². The maximum Gasteiger partial charge on any atom is 0.228 e.